The molecule has 1 unspecified atom stereocenters. The Bertz CT molecular complexity index is 2350. The van der Waals surface area contributed by atoms with Crippen molar-refractivity contribution in [3.8, 4) is 23.5 Å². The Kier molecular flexibility index (Phi) is 19.6. The summed E-state index contributed by atoms with van der Waals surface area (Å²) in [6.45, 7) is 10.8. The molecule has 0 aromatic heterocycles. The van der Waals surface area contributed by atoms with Gasteiger partial charge < -0.3 is 39.0 Å². The van der Waals surface area contributed by atoms with Crippen LogP contribution in [0.25, 0.3) is 11.1 Å². The van der Waals surface area contributed by atoms with Crippen molar-refractivity contribution in [3.63, 3.8) is 0 Å². The zero-order valence-electron chi connectivity index (χ0n) is 37.8. The Labute approximate surface area is 388 Å². The van der Waals surface area contributed by atoms with Crippen molar-refractivity contribution in [1.29, 1.82) is 0 Å². The maximum Gasteiger partial charge on any atom is 0.225 e. The predicted octanol–water partition coefficient (Wildman–Crippen LogP) is 6.07. The molecular formula is C49H60N3O11S2-. The number of ether oxygens (including phenoxy) is 4. The molecule has 14 nitrogen and oxygen atoms in total. The van der Waals surface area contributed by atoms with E-state index in [0.29, 0.717) is 65.6 Å². The molecule has 2 aliphatic heterocycles. The molecule has 65 heavy (non-hydrogen) atoms. The van der Waals surface area contributed by atoms with Crippen molar-refractivity contribution in [3.05, 3.63) is 113 Å². The lowest BCUT2D eigenvalue weighted by Crippen LogP contribution is -2.30. The van der Waals surface area contributed by atoms with Crippen LogP contribution in [0, 0.1) is 12.3 Å². The largest absolute Gasteiger partial charge is 0.748 e. The first kappa shape index (κ1) is 51.3. The monoisotopic (exact) mass is 930 g/mol. The van der Waals surface area contributed by atoms with Crippen LogP contribution in [0.3, 0.4) is 0 Å². The summed E-state index contributed by atoms with van der Waals surface area (Å²) < 4.78 is 64.3. The molecule has 0 radical (unpaired) electrons. The Balaban J connectivity index is 1.49. The molecule has 3 aromatic carbocycles. The number of carbonyl (C=O) groups excluding carboxylic acids is 1. The molecule has 0 spiro atoms. The summed E-state index contributed by atoms with van der Waals surface area (Å²) in [5.41, 5.74) is 7.91. The molecule has 16 heteroatoms. The number of fused-ring (bicyclic) bond motifs is 2. The molecule has 1 amide bonds. The maximum atomic E-state index is 12.7. The van der Waals surface area contributed by atoms with Crippen LogP contribution >= 0.6 is 12.0 Å². The Morgan fingerprint density at radius 3 is 2.31 bits per heavy atom. The Hall–Kier alpha value is -4.64. The molecule has 1 atom stereocenters. The molecule has 1 N–H and O–H groups in total. The van der Waals surface area contributed by atoms with Gasteiger partial charge in [0.15, 0.2) is 12.3 Å². The van der Waals surface area contributed by atoms with Gasteiger partial charge in [0, 0.05) is 72.5 Å². The van der Waals surface area contributed by atoms with E-state index in [9.17, 15) is 23.0 Å². The third-order valence-electron chi connectivity index (χ3n) is 11.6. The highest BCUT2D eigenvalue weighted by Gasteiger charge is 2.45. The molecule has 2 aliphatic rings. The van der Waals surface area contributed by atoms with E-state index in [1.165, 1.54) is 0 Å². The van der Waals surface area contributed by atoms with Crippen molar-refractivity contribution in [2.24, 2.45) is 0 Å². The number of hydrogen-bond donors (Lipinski definition) is 1. The number of allylic oxidation sites excluding steroid dienone is 6. The minimum atomic E-state index is -4.45. The van der Waals surface area contributed by atoms with Gasteiger partial charge in [0.05, 0.1) is 67.0 Å². The van der Waals surface area contributed by atoms with Gasteiger partial charge in [0.1, 0.15) is 6.61 Å². The van der Waals surface area contributed by atoms with Crippen molar-refractivity contribution < 1.29 is 55.9 Å². The number of terminal acetylenes is 1. The van der Waals surface area contributed by atoms with E-state index in [4.69, 9.17) is 25.4 Å². The van der Waals surface area contributed by atoms with Crippen LogP contribution < -0.4 is 15.5 Å². The summed E-state index contributed by atoms with van der Waals surface area (Å²) in [6, 6.07) is 20.1. The maximum absolute atomic E-state index is 12.7. The highest BCUT2D eigenvalue weighted by Crippen LogP contribution is 2.51. The molecule has 350 valence electrons. The van der Waals surface area contributed by atoms with E-state index in [2.05, 4.69) is 81.2 Å². The first-order chi connectivity index (χ1) is 31.3. The molecular weight excluding hydrogens is 871 g/mol. The molecule has 0 aliphatic carbocycles. The van der Waals surface area contributed by atoms with Gasteiger partial charge in [-0.1, -0.05) is 48.4 Å². The van der Waals surface area contributed by atoms with Crippen molar-refractivity contribution >= 4 is 45.2 Å². The third kappa shape index (κ3) is 13.9. The number of methoxy groups -OCH3 is 2. The van der Waals surface area contributed by atoms with Crippen LogP contribution in [0.1, 0.15) is 56.7 Å². The van der Waals surface area contributed by atoms with Gasteiger partial charge >= 0.3 is 0 Å². The lowest BCUT2D eigenvalue weighted by atomic mass is 9.77. The minimum absolute atomic E-state index is 0.121. The smallest absolute Gasteiger partial charge is 0.225 e. The summed E-state index contributed by atoms with van der Waals surface area (Å²) >= 11 is 0.847. The number of hydrogen-bond acceptors (Lipinski definition) is 13. The molecule has 3 aromatic rings. The fourth-order valence-corrected chi connectivity index (χ4v) is 9.24. The van der Waals surface area contributed by atoms with Gasteiger partial charge in [0.2, 0.25) is 11.6 Å². The topological polar surface area (TPSA) is 171 Å². The highest BCUT2D eigenvalue weighted by atomic mass is 32.2. The average molecular weight is 931 g/mol. The summed E-state index contributed by atoms with van der Waals surface area (Å²) in [7, 11) is -1.17. The second kappa shape index (κ2) is 24.8. The van der Waals surface area contributed by atoms with Gasteiger partial charge in [-0.3, -0.25) is 9.83 Å². The number of rotatable bonds is 27. The van der Waals surface area contributed by atoms with Crippen LogP contribution in [0.5, 0.6) is 0 Å². The first-order valence-corrected chi connectivity index (χ1v) is 23.9. The normalized spacial score (nSPS) is 17.4. The number of benzene rings is 3. The van der Waals surface area contributed by atoms with E-state index in [-0.39, 0.29) is 30.7 Å². The van der Waals surface area contributed by atoms with E-state index < -0.39 is 21.3 Å². The summed E-state index contributed by atoms with van der Waals surface area (Å²) in [5, 5.41) is 16.5. The second-order valence-electron chi connectivity index (χ2n) is 16.4. The molecule has 0 saturated carbocycles. The Morgan fingerprint density at radius 2 is 1.62 bits per heavy atom. The van der Waals surface area contributed by atoms with Gasteiger partial charge in [-0.05, 0) is 98.7 Å². The van der Waals surface area contributed by atoms with E-state index in [1.54, 1.807) is 14.2 Å². The van der Waals surface area contributed by atoms with Crippen LogP contribution in [0.2, 0.25) is 0 Å². The quantitative estimate of drug-likeness (QED) is 0.0137. The number of anilines is 1. The van der Waals surface area contributed by atoms with E-state index in [0.717, 1.165) is 67.5 Å². The van der Waals surface area contributed by atoms with Crippen molar-refractivity contribution in [2.75, 3.05) is 84.1 Å². The lowest BCUT2D eigenvalue weighted by Gasteiger charge is -2.31. The minimum Gasteiger partial charge on any atom is -0.748 e. The zero-order chi connectivity index (χ0) is 46.9. The molecule has 0 bridgehead atoms. The molecule has 0 saturated heterocycles. The van der Waals surface area contributed by atoms with Crippen molar-refractivity contribution in [1.82, 2.24) is 5.32 Å². The van der Waals surface area contributed by atoms with Crippen LogP contribution in [0.15, 0.2) is 102 Å². The lowest BCUT2D eigenvalue weighted by molar-refractivity contribution is -0.777. The van der Waals surface area contributed by atoms with Crippen LogP contribution in [0.4, 0.5) is 11.4 Å². The number of nitrogens with zero attached hydrogens (tertiary/aromatic N) is 2. The predicted molar refractivity (Wildman–Crippen MR) is 250 cm³/mol. The molecule has 0 fully saturated rings. The van der Waals surface area contributed by atoms with Gasteiger partial charge in [-0.15, -0.1) is 6.42 Å². The SMILES string of the molecule is C#CCNC(=O)Cc1ccc2c(c1)C(C)(CCCS(=O)(=O)[O-])\C(=C/C=C/C=C/C1=[N+](CCOCCOC)c3ccc(-c4ccc(SOO[O-])cc4)cc3C1(C)C)N2CCCOCCOC. The zero-order valence-corrected chi connectivity index (χ0v) is 39.5. The third-order valence-corrected chi connectivity index (χ3v) is 13.0. The van der Waals surface area contributed by atoms with Gasteiger partial charge in [-0.2, -0.15) is 8.91 Å². The molecule has 2 heterocycles. The highest BCUT2D eigenvalue weighted by molar-refractivity contribution is 7.94. The standard InChI is InChI=1S/C49H61N3O11S2/c1-7-24-50-47(53)35-37-15-21-44-42(34-37)49(4,23-11-33-65(55,56)57)46(51(44)25-12-27-60-31-29-58-5)14-10-8-9-13-45-48(2,3)41-36-39(38-16-19-40(20-17-38)64-63-62-54)18-22-43(41)52(45)26-28-61-32-30-59-6/h1,8-10,13-22,34,36H,11-12,23-33,35H2,2-6H3,(H2-,50,53,54,55,56,57)/p-1. The fourth-order valence-electron chi connectivity index (χ4n) is 8.39. The van der Waals surface area contributed by atoms with Gasteiger partial charge in [0.25, 0.3) is 0 Å². The van der Waals surface area contributed by atoms with Gasteiger partial charge in [-0.25, -0.2) is 8.42 Å². The van der Waals surface area contributed by atoms with Crippen LogP contribution in [-0.4, -0.2) is 108 Å². The van der Waals surface area contributed by atoms with Crippen LogP contribution in [-0.2, 0) is 60.5 Å². The van der Waals surface area contributed by atoms with E-state index >= 15 is 0 Å². The second-order valence-corrected chi connectivity index (χ2v) is 18.7. The number of nitrogens with one attached hydrogen (secondary N) is 1. The van der Waals surface area contributed by atoms with Crippen molar-refractivity contribution in [2.45, 2.75) is 62.2 Å². The average Bonchev–Trinajstić information content (AvgIpc) is 3.63. The van der Waals surface area contributed by atoms with E-state index in [1.807, 2.05) is 60.7 Å². The number of carbonyl (C=O) groups is 1. The first-order valence-electron chi connectivity index (χ1n) is 21.5. The fraction of sp³-hybridized carbons (Fsp3) is 0.429. The summed E-state index contributed by atoms with van der Waals surface area (Å²) in [5.74, 6) is 1.74. The summed E-state index contributed by atoms with van der Waals surface area (Å²) in [4.78, 5) is 15.7. The number of amides is 1. The molecule has 5 rings (SSSR count). The Morgan fingerprint density at radius 1 is 0.892 bits per heavy atom. The summed E-state index contributed by atoms with van der Waals surface area (Å²) in [6.07, 6.45) is 16.9.